The Morgan fingerprint density at radius 1 is 1.43 bits per heavy atom. The molecule has 2 N–H and O–H groups in total. The van der Waals surface area contributed by atoms with Crippen molar-refractivity contribution in [1.82, 2.24) is 9.55 Å². The fraction of sp³-hybridized carbons (Fsp3) is 0.727. The van der Waals surface area contributed by atoms with Crippen molar-refractivity contribution in [2.24, 2.45) is 18.7 Å². The van der Waals surface area contributed by atoms with E-state index < -0.39 is 0 Å². The molecule has 0 aromatic carbocycles. The first-order chi connectivity index (χ1) is 6.56. The Bertz CT molecular complexity index is 300. The van der Waals surface area contributed by atoms with Crippen LogP contribution in [0.2, 0.25) is 0 Å². The largest absolute Gasteiger partial charge is 0.335 e. The average molecular weight is 195 g/mol. The Morgan fingerprint density at radius 2 is 2.07 bits per heavy atom. The standard InChI is InChI=1S/C11H21N3/c1-8(2)7-11-13-10(5-6-12)9(3)14(11)4/h8H,5-7,12H2,1-4H3. The molecule has 0 atom stereocenters. The lowest BCUT2D eigenvalue weighted by molar-refractivity contribution is 0.599. The highest BCUT2D eigenvalue weighted by molar-refractivity contribution is 5.16. The zero-order chi connectivity index (χ0) is 10.7. The van der Waals surface area contributed by atoms with Gasteiger partial charge in [0.15, 0.2) is 0 Å². The highest BCUT2D eigenvalue weighted by Gasteiger charge is 2.10. The molecule has 3 heteroatoms. The van der Waals surface area contributed by atoms with Crippen LogP contribution in [0, 0.1) is 12.8 Å². The maximum atomic E-state index is 5.54. The van der Waals surface area contributed by atoms with Gasteiger partial charge in [-0.15, -0.1) is 0 Å². The van der Waals surface area contributed by atoms with Gasteiger partial charge in [0.25, 0.3) is 0 Å². The van der Waals surface area contributed by atoms with Crippen LogP contribution in [0.15, 0.2) is 0 Å². The lowest BCUT2D eigenvalue weighted by Gasteiger charge is -2.04. The van der Waals surface area contributed by atoms with Crippen LogP contribution in [0.25, 0.3) is 0 Å². The molecule has 3 nitrogen and oxygen atoms in total. The minimum Gasteiger partial charge on any atom is -0.335 e. The van der Waals surface area contributed by atoms with Crippen molar-refractivity contribution >= 4 is 0 Å². The van der Waals surface area contributed by atoms with Gasteiger partial charge in [-0.1, -0.05) is 13.8 Å². The van der Waals surface area contributed by atoms with Crippen LogP contribution in [0.5, 0.6) is 0 Å². The van der Waals surface area contributed by atoms with Gasteiger partial charge in [-0.2, -0.15) is 0 Å². The summed E-state index contributed by atoms with van der Waals surface area (Å²) in [5, 5.41) is 0. The van der Waals surface area contributed by atoms with Crippen LogP contribution in [0.3, 0.4) is 0 Å². The van der Waals surface area contributed by atoms with Crippen LogP contribution >= 0.6 is 0 Å². The summed E-state index contributed by atoms with van der Waals surface area (Å²) < 4.78 is 2.19. The maximum Gasteiger partial charge on any atom is 0.109 e. The third-order valence-electron chi connectivity index (χ3n) is 2.54. The maximum absolute atomic E-state index is 5.54. The van der Waals surface area contributed by atoms with E-state index in [1.165, 1.54) is 11.5 Å². The summed E-state index contributed by atoms with van der Waals surface area (Å²) in [5.74, 6) is 1.84. The van der Waals surface area contributed by atoms with Crippen molar-refractivity contribution in [1.29, 1.82) is 0 Å². The molecule has 0 spiro atoms. The molecule has 0 radical (unpaired) electrons. The Balaban J connectivity index is 2.90. The van der Waals surface area contributed by atoms with Crippen molar-refractivity contribution < 1.29 is 0 Å². The predicted molar refractivity (Wildman–Crippen MR) is 59.2 cm³/mol. The zero-order valence-corrected chi connectivity index (χ0v) is 9.67. The van der Waals surface area contributed by atoms with E-state index in [9.17, 15) is 0 Å². The second-order valence-corrected chi connectivity index (χ2v) is 4.26. The van der Waals surface area contributed by atoms with Gasteiger partial charge < -0.3 is 10.3 Å². The SMILES string of the molecule is Cc1c(CCN)nc(CC(C)C)n1C. The topological polar surface area (TPSA) is 43.8 Å². The Kier molecular flexibility index (Phi) is 3.69. The summed E-state index contributed by atoms with van der Waals surface area (Å²) in [4.78, 5) is 4.62. The summed E-state index contributed by atoms with van der Waals surface area (Å²) in [6.45, 7) is 7.22. The zero-order valence-electron chi connectivity index (χ0n) is 9.67. The fourth-order valence-corrected chi connectivity index (χ4v) is 1.62. The van der Waals surface area contributed by atoms with E-state index in [2.05, 4.69) is 37.4 Å². The van der Waals surface area contributed by atoms with Crippen molar-refractivity contribution in [2.75, 3.05) is 6.54 Å². The van der Waals surface area contributed by atoms with Crippen molar-refractivity contribution in [3.63, 3.8) is 0 Å². The normalized spacial score (nSPS) is 11.3. The third-order valence-corrected chi connectivity index (χ3v) is 2.54. The van der Waals surface area contributed by atoms with Gasteiger partial charge in [0.05, 0.1) is 5.69 Å². The molecule has 0 saturated carbocycles. The molecule has 0 fully saturated rings. The smallest absolute Gasteiger partial charge is 0.109 e. The first kappa shape index (κ1) is 11.2. The summed E-state index contributed by atoms with van der Waals surface area (Å²) in [5.41, 5.74) is 7.95. The molecule has 0 aliphatic heterocycles. The molecule has 1 heterocycles. The second-order valence-electron chi connectivity index (χ2n) is 4.26. The molecular weight excluding hydrogens is 174 g/mol. The highest BCUT2D eigenvalue weighted by atomic mass is 15.1. The van der Waals surface area contributed by atoms with E-state index in [-0.39, 0.29) is 0 Å². The molecule has 0 bridgehead atoms. The second kappa shape index (κ2) is 4.60. The van der Waals surface area contributed by atoms with Crippen molar-refractivity contribution in [3.05, 3.63) is 17.2 Å². The Hall–Kier alpha value is -0.830. The van der Waals surface area contributed by atoms with Gasteiger partial charge in [-0.3, -0.25) is 0 Å². The van der Waals surface area contributed by atoms with E-state index in [0.29, 0.717) is 12.5 Å². The summed E-state index contributed by atoms with van der Waals surface area (Å²) >= 11 is 0. The number of hydrogen-bond acceptors (Lipinski definition) is 2. The molecule has 80 valence electrons. The number of nitrogens with two attached hydrogens (primary N) is 1. The lowest BCUT2D eigenvalue weighted by Crippen LogP contribution is -2.04. The molecule has 0 aliphatic carbocycles. The fourth-order valence-electron chi connectivity index (χ4n) is 1.62. The molecule has 0 aliphatic rings. The molecule has 1 aromatic heterocycles. The number of imidazole rings is 1. The molecule has 0 saturated heterocycles. The number of nitrogens with zero attached hydrogens (tertiary/aromatic N) is 2. The van der Waals surface area contributed by atoms with Crippen LogP contribution in [-0.4, -0.2) is 16.1 Å². The molecule has 0 unspecified atom stereocenters. The first-order valence-electron chi connectivity index (χ1n) is 5.27. The van der Waals surface area contributed by atoms with Crippen molar-refractivity contribution in [3.8, 4) is 0 Å². The van der Waals surface area contributed by atoms with Crippen molar-refractivity contribution in [2.45, 2.75) is 33.6 Å². The van der Waals surface area contributed by atoms with E-state index in [1.807, 2.05) is 0 Å². The molecule has 0 amide bonds. The van der Waals surface area contributed by atoms with Crippen LogP contribution in [0.4, 0.5) is 0 Å². The summed E-state index contributed by atoms with van der Waals surface area (Å²) in [7, 11) is 2.08. The quantitative estimate of drug-likeness (QED) is 0.790. The van der Waals surface area contributed by atoms with Gasteiger partial charge in [-0.05, 0) is 19.4 Å². The number of rotatable bonds is 4. The summed E-state index contributed by atoms with van der Waals surface area (Å²) in [6.07, 6.45) is 1.93. The summed E-state index contributed by atoms with van der Waals surface area (Å²) in [6, 6.07) is 0. The van der Waals surface area contributed by atoms with E-state index >= 15 is 0 Å². The van der Waals surface area contributed by atoms with Gasteiger partial charge in [-0.25, -0.2) is 4.98 Å². The minimum absolute atomic E-state index is 0.654. The lowest BCUT2D eigenvalue weighted by atomic mass is 10.1. The first-order valence-corrected chi connectivity index (χ1v) is 5.27. The van der Waals surface area contributed by atoms with Gasteiger partial charge in [0, 0.05) is 25.6 Å². The minimum atomic E-state index is 0.654. The number of hydrogen-bond donors (Lipinski definition) is 1. The van der Waals surface area contributed by atoms with Crippen LogP contribution in [-0.2, 0) is 19.9 Å². The monoisotopic (exact) mass is 195 g/mol. The predicted octanol–water partition coefficient (Wildman–Crippen LogP) is 1.43. The molecule has 1 rings (SSSR count). The van der Waals surface area contributed by atoms with E-state index in [4.69, 9.17) is 5.73 Å². The Morgan fingerprint density at radius 3 is 2.57 bits per heavy atom. The molecule has 14 heavy (non-hydrogen) atoms. The van der Waals surface area contributed by atoms with E-state index in [1.54, 1.807) is 0 Å². The Labute approximate surface area is 86.3 Å². The van der Waals surface area contributed by atoms with Gasteiger partial charge in [0.1, 0.15) is 5.82 Å². The molecular formula is C11H21N3. The van der Waals surface area contributed by atoms with E-state index in [0.717, 1.165) is 18.5 Å². The average Bonchev–Trinajstić information content (AvgIpc) is 2.34. The third kappa shape index (κ3) is 2.35. The van der Waals surface area contributed by atoms with Gasteiger partial charge >= 0.3 is 0 Å². The van der Waals surface area contributed by atoms with Crippen LogP contribution < -0.4 is 5.73 Å². The number of aromatic nitrogens is 2. The van der Waals surface area contributed by atoms with Gasteiger partial charge in [0.2, 0.25) is 0 Å². The highest BCUT2D eigenvalue weighted by Crippen LogP contribution is 2.13. The molecule has 1 aromatic rings. The van der Waals surface area contributed by atoms with Crippen LogP contribution in [0.1, 0.15) is 31.1 Å².